The van der Waals surface area contributed by atoms with E-state index in [2.05, 4.69) is 16.9 Å². The molecule has 0 N–H and O–H groups in total. The van der Waals surface area contributed by atoms with Crippen molar-refractivity contribution in [2.45, 2.75) is 90.6 Å². The van der Waals surface area contributed by atoms with Gasteiger partial charge in [-0.25, -0.2) is 27.9 Å². The first-order valence-corrected chi connectivity index (χ1v) is 14.2. The number of rotatable bonds is 16. The van der Waals surface area contributed by atoms with Crippen molar-refractivity contribution in [2.24, 2.45) is 0 Å². The Hall–Kier alpha value is -3.42. The van der Waals surface area contributed by atoms with E-state index in [9.17, 15) is 18.0 Å². The highest BCUT2D eigenvalue weighted by atomic mass is 19.1. The number of hydrogen-bond acceptors (Lipinski definition) is 5. The van der Waals surface area contributed by atoms with E-state index >= 15 is 0 Å². The number of halogens is 3. The van der Waals surface area contributed by atoms with Crippen LogP contribution in [0, 0.1) is 11.6 Å². The van der Waals surface area contributed by atoms with Crippen LogP contribution in [-0.2, 0) is 4.79 Å². The summed E-state index contributed by atoms with van der Waals surface area (Å²) in [6.07, 6.45) is 11.9. The molecule has 0 unspecified atom stereocenters. The van der Waals surface area contributed by atoms with Crippen LogP contribution >= 0.6 is 0 Å². The summed E-state index contributed by atoms with van der Waals surface area (Å²) in [5, 5.41) is 0. The van der Waals surface area contributed by atoms with Crippen molar-refractivity contribution < 1.29 is 27.4 Å². The fourth-order valence-electron chi connectivity index (χ4n) is 4.25. The zero-order valence-electron chi connectivity index (χ0n) is 23.7. The molecule has 0 aliphatic carbocycles. The summed E-state index contributed by atoms with van der Waals surface area (Å²) in [5.74, 6) is -2.50. The molecule has 0 fully saturated rings. The highest BCUT2D eigenvalue weighted by Gasteiger charge is 2.34. The van der Waals surface area contributed by atoms with Crippen molar-refractivity contribution in [1.82, 2.24) is 9.97 Å². The molecule has 2 aromatic carbocycles. The average molecular weight is 557 g/mol. The molecule has 5 nitrogen and oxygen atoms in total. The Morgan fingerprint density at radius 3 is 2.00 bits per heavy atom. The van der Waals surface area contributed by atoms with Crippen molar-refractivity contribution >= 4 is 5.97 Å². The Labute approximate surface area is 235 Å². The number of esters is 1. The SMILES string of the molecule is CCCCCCCCOc1c(F)cc(-c2ncc(-c3ccc(OC(=O)[C@@](C)(F)CCCCC)cc3)cn2)cc1F. The minimum Gasteiger partial charge on any atom is -0.488 e. The van der Waals surface area contributed by atoms with Gasteiger partial charge in [-0.3, -0.25) is 0 Å². The van der Waals surface area contributed by atoms with Gasteiger partial charge in [-0.15, -0.1) is 0 Å². The summed E-state index contributed by atoms with van der Waals surface area (Å²) in [7, 11) is 0. The molecule has 1 aromatic heterocycles. The summed E-state index contributed by atoms with van der Waals surface area (Å²) >= 11 is 0. The predicted molar refractivity (Wildman–Crippen MR) is 151 cm³/mol. The molecule has 0 aliphatic heterocycles. The fourth-order valence-corrected chi connectivity index (χ4v) is 4.25. The number of carbonyl (C=O) groups excluding carboxylic acids is 1. The van der Waals surface area contributed by atoms with Crippen molar-refractivity contribution in [3.05, 3.63) is 60.4 Å². The minimum absolute atomic E-state index is 0.115. The van der Waals surface area contributed by atoms with Crippen LogP contribution in [0.1, 0.15) is 85.0 Å². The molecule has 8 heteroatoms. The van der Waals surface area contributed by atoms with E-state index in [1.54, 1.807) is 24.3 Å². The molecule has 0 spiro atoms. The van der Waals surface area contributed by atoms with Crippen molar-refractivity contribution in [2.75, 3.05) is 6.61 Å². The highest BCUT2D eigenvalue weighted by Crippen LogP contribution is 2.29. The molecular formula is C32H39F3N2O3. The van der Waals surface area contributed by atoms with Crippen LogP contribution in [0.5, 0.6) is 11.5 Å². The molecule has 0 saturated heterocycles. The molecule has 0 saturated carbocycles. The second kappa shape index (κ2) is 15.4. The second-order valence-electron chi connectivity index (χ2n) is 10.2. The lowest BCUT2D eigenvalue weighted by Gasteiger charge is -2.18. The smallest absolute Gasteiger partial charge is 0.348 e. The van der Waals surface area contributed by atoms with E-state index in [1.807, 2.05) is 6.92 Å². The van der Waals surface area contributed by atoms with E-state index in [0.29, 0.717) is 12.0 Å². The van der Waals surface area contributed by atoms with Crippen LogP contribution in [0.25, 0.3) is 22.5 Å². The van der Waals surface area contributed by atoms with Gasteiger partial charge in [0.2, 0.25) is 5.67 Å². The fraction of sp³-hybridized carbons (Fsp3) is 0.469. The van der Waals surface area contributed by atoms with Crippen molar-refractivity contribution in [1.29, 1.82) is 0 Å². The van der Waals surface area contributed by atoms with E-state index in [0.717, 1.165) is 44.1 Å². The van der Waals surface area contributed by atoms with Crippen LogP contribution in [0.2, 0.25) is 0 Å². The molecule has 1 heterocycles. The zero-order valence-corrected chi connectivity index (χ0v) is 23.7. The number of alkyl halides is 1. The van der Waals surface area contributed by atoms with Crippen LogP contribution < -0.4 is 9.47 Å². The lowest BCUT2D eigenvalue weighted by atomic mass is 10.0. The maximum Gasteiger partial charge on any atom is 0.348 e. The molecule has 1 atom stereocenters. The van der Waals surface area contributed by atoms with Gasteiger partial charge in [0.15, 0.2) is 23.2 Å². The predicted octanol–water partition coefficient (Wildman–Crippen LogP) is 9.04. The van der Waals surface area contributed by atoms with Gasteiger partial charge >= 0.3 is 5.97 Å². The number of nitrogens with zero attached hydrogens (tertiary/aromatic N) is 2. The molecule has 0 radical (unpaired) electrons. The third-order valence-electron chi connectivity index (χ3n) is 6.73. The maximum absolute atomic E-state index is 14.7. The van der Waals surface area contributed by atoms with E-state index in [4.69, 9.17) is 9.47 Å². The average Bonchev–Trinajstić information content (AvgIpc) is 2.94. The Kier molecular flexibility index (Phi) is 12.0. The van der Waals surface area contributed by atoms with Gasteiger partial charge in [0.1, 0.15) is 5.75 Å². The normalized spacial score (nSPS) is 12.7. The summed E-state index contributed by atoms with van der Waals surface area (Å²) in [6, 6.07) is 8.86. The van der Waals surface area contributed by atoms with Crippen LogP contribution in [0.3, 0.4) is 0 Å². The van der Waals surface area contributed by atoms with Crippen LogP contribution in [0.4, 0.5) is 13.2 Å². The first kappa shape index (κ1) is 31.1. The third kappa shape index (κ3) is 9.07. The van der Waals surface area contributed by atoms with Gasteiger partial charge < -0.3 is 9.47 Å². The third-order valence-corrected chi connectivity index (χ3v) is 6.73. The lowest BCUT2D eigenvalue weighted by Crippen LogP contribution is -2.34. The summed E-state index contributed by atoms with van der Waals surface area (Å²) < 4.78 is 54.5. The molecule has 216 valence electrons. The molecule has 40 heavy (non-hydrogen) atoms. The maximum atomic E-state index is 14.7. The van der Waals surface area contributed by atoms with Gasteiger partial charge in [-0.1, -0.05) is 70.9 Å². The number of carbonyl (C=O) groups is 1. The number of benzene rings is 2. The Balaban J connectivity index is 1.59. The van der Waals surface area contributed by atoms with E-state index in [-0.39, 0.29) is 35.9 Å². The van der Waals surface area contributed by atoms with Crippen molar-refractivity contribution in [3.8, 4) is 34.0 Å². The molecule has 0 amide bonds. The first-order valence-electron chi connectivity index (χ1n) is 14.2. The number of hydrogen-bond donors (Lipinski definition) is 0. The summed E-state index contributed by atoms with van der Waals surface area (Å²) in [4.78, 5) is 20.8. The second-order valence-corrected chi connectivity index (χ2v) is 10.2. The Bertz CT molecular complexity index is 1190. The van der Waals surface area contributed by atoms with Gasteiger partial charge in [0.25, 0.3) is 0 Å². The molecule has 3 aromatic rings. The quantitative estimate of drug-likeness (QED) is 0.100. The first-order chi connectivity index (χ1) is 19.2. The summed E-state index contributed by atoms with van der Waals surface area (Å²) in [5.41, 5.74) is -0.470. The van der Waals surface area contributed by atoms with Gasteiger partial charge in [0.05, 0.1) is 6.61 Å². The highest BCUT2D eigenvalue weighted by molar-refractivity contribution is 5.81. The Morgan fingerprint density at radius 2 is 1.38 bits per heavy atom. The standard InChI is InChI=1S/C32H39F3N2O3/c1-4-6-8-9-10-12-18-39-29-27(33)19-24(20-28(29)34)30-36-21-25(22-37-30)23-13-15-26(16-14-23)40-31(38)32(3,35)17-11-7-5-2/h13-16,19-22H,4-12,17-18H2,1-3H3/t32-/m0/s1. The van der Waals surface area contributed by atoms with Gasteiger partial charge in [0, 0.05) is 23.5 Å². The Morgan fingerprint density at radius 1 is 0.800 bits per heavy atom. The van der Waals surface area contributed by atoms with Gasteiger partial charge in [-0.2, -0.15) is 0 Å². The van der Waals surface area contributed by atoms with Crippen LogP contribution in [-0.4, -0.2) is 28.2 Å². The molecule has 3 rings (SSSR count). The van der Waals surface area contributed by atoms with E-state index in [1.165, 1.54) is 44.3 Å². The number of unbranched alkanes of at least 4 members (excludes halogenated alkanes) is 7. The minimum atomic E-state index is -2.05. The van der Waals surface area contributed by atoms with Gasteiger partial charge in [-0.05, 0) is 56.0 Å². The monoisotopic (exact) mass is 556 g/mol. The zero-order chi connectivity index (χ0) is 29.0. The molecular weight excluding hydrogens is 517 g/mol. The largest absolute Gasteiger partial charge is 0.488 e. The number of aromatic nitrogens is 2. The molecule has 0 aliphatic rings. The van der Waals surface area contributed by atoms with Crippen molar-refractivity contribution in [3.63, 3.8) is 0 Å². The summed E-state index contributed by atoms with van der Waals surface area (Å²) in [6.45, 7) is 5.67. The number of ether oxygens (including phenoxy) is 2. The topological polar surface area (TPSA) is 61.3 Å². The van der Waals surface area contributed by atoms with Crippen LogP contribution in [0.15, 0.2) is 48.8 Å². The lowest BCUT2D eigenvalue weighted by molar-refractivity contribution is -0.147. The molecule has 0 bridgehead atoms. The van der Waals surface area contributed by atoms with E-state index < -0.39 is 23.3 Å².